The number of sulfonamides is 1. The van der Waals surface area contributed by atoms with Crippen LogP contribution in [0.25, 0.3) is 0 Å². The van der Waals surface area contributed by atoms with Crippen molar-refractivity contribution < 1.29 is 17.9 Å². The maximum absolute atomic E-state index is 12.8. The molecule has 2 heterocycles. The van der Waals surface area contributed by atoms with E-state index >= 15 is 0 Å². The number of nitrogens with zero attached hydrogens (tertiary/aromatic N) is 2. The Hall–Kier alpha value is -1.96. The lowest BCUT2D eigenvalue weighted by Crippen LogP contribution is -2.50. The van der Waals surface area contributed by atoms with Crippen LogP contribution < -0.4 is 4.74 Å². The second kappa shape index (κ2) is 7.11. The van der Waals surface area contributed by atoms with Gasteiger partial charge in [-0.15, -0.1) is 0 Å². The number of pyridine rings is 1. The lowest BCUT2D eigenvalue weighted by atomic mass is 10.1. The molecule has 3 rings (SSSR count). The fraction of sp³-hybridized carbons (Fsp3) is 0.389. The van der Waals surface area contributed by atoms with E-state index in [1.165, 1.54) is 4.31 Å². The molecule has 0 bridgehead atoms. The summed E-state index contributed by atoms with van der Waals surface area (Å²) in [5.74, 6) is 0.623. The number of ether oxygens (including phenoxy) is 2. The molecule has 6 nitrogen and oxygen atoms in total. The minimum absolute atomic E-state index is 0.265. The van der Waals surface area contributed by atoms with Gasteiger partial charge in [-0.25, -0.2) is 8.42 Å². The van der Waals surface area contributed by atoms with Crippen LogP contribution in [-0.4, -0.2) is 43.0 Å². The highest BCUT2D eigenvalue weighted by atomic mass is 32.2. The van der Waals surface area contributed by atoms with Gasteiger partial charge in [0.1, 0.15) is 12.4 Å². The van der Waals surface area contributed by atoms with Crippen LogP contribution in [0, 0.1) is 0 Å². The van der Waals surface area contributed by atoms with Crippen molar-refractivity contribution in [2.24, 2.45) is 0 Å². The molecule has 0 aliphatic carbocycles. The second-order valence-corrected chi connectivity index (χ2v) is 8.50. The predicted molar refractivity (Wildman–Crippen MR) is 93.8 cm³/mol. The number of morpholine rings is 1. The summed E-state index contributed by atoms with van der Waals surface area (Å²) in [4.78, 5) is 4.22. The van der Waals surface area contributed by atoms with E-state index in [0.717, 1.165) is 5.56 Å². The number of benzene rings is 1. The van der Waals surface area contributed by atoms with Crippen molar-refractivity contribution in [1.29, 1.82) is 0 Å². The van der Waals surface area contributed by atoms with Crippen molar-refractivity contribution in [3.63, 3.8) is 0 Å². The Labute approximate surface area is 148 Å². The van der Waals surface area contributed by atoms with Crippen LogP contribution >= 0.6 is 0 Å². The molecule has 0 N–H and O–H groups in total. The molecule has 0 spiro atoms. The number of hydrogen-bond acceptors (Lipinski definition) is 5. The molecule has 0 atom stereocenters. The van der Waals surface area contributed by atoms with Gasteiger partial charge in [0.15, 0.2) is 0 Å². The molecule has 25 heavy (non-hydrogen) atoms. The van der Waals surface area contributed by atoms with E-state index in [1.54, 1.807) is 36.7 Å². The molecule has 7 heteroatoms. The summed E-state index contributed by atoms with van der Waals surface area (Å²) in [6.45, 7) is 5.31. The molecule has 1 aliphatic rings. The van der Waals surface area contributed by atoms with Crippen LogP contribution in [0.1, 0.15) is 19.4 Å². The Morgan fingerprint density at radius 1 is 1.16 bits per heavy atom. The minimum atomic E-state index is -3.53. The van der Waals surface area contributed by atoms with Crippen LogP contribution in [-0.2, 0) is 21.4 Å². The van der Waals surface area contributed by atoms with Crippen LogP contribution in [0.3, 0.4) is 0 Å². The van der Waals surface area contributed by atoms with Crippen molar-refractivity contribution in [3.8, 4) is 5.75 Å². The first-order valence-electron chi connectivity index (χ1n) is 8.13. The molecule has 1 aromatic heterocycles. The topological polar surface area (TPSA) is 68.7 Å². The van der Waals surface area contributed by atoms with E-state index in [4.69, 9.17) is 9.47 Å². The Morgan fingerprint density at radius 3 is 2.48 bits per heavy atom. The molecular formula is C18H22N2O4S. The van der Waals surface area contributed by atoms with E-state index in [-0.39, 0.29) is 4.90 Å². The molecule has 1 aliphatic heterocycles. The first kappa shape index (κ1) is 17.8. The third kappa shape index (κ3) is 4.36. The molecule has 1 aromatic carbocycles. The normalized spacial score (nSPS) is 18.0. The highest BCUT2D eigenvalue weighted by Gasteiger charge is 2.34. The van der Waals surface area contributed by atoms with Crippen LogP contribution in [0.15, 0.2) is 53.7 Å². The molecule has 0 saturated carbocycles. The van der Waals surface area contributed by atoms with E-state index < -0.39 is 15.6 Å². The summed E-state index contributed by atoms with van der Waals surface area (Å²) in [6.07, 6.45) is 3.41. The van der Waals surface area contributed by atoms with Gasteiger partial charge >= 0.3 is 0 Å². The molecule has 134 valence electrons. The van der Waals surface area contributed by atoms with Crippen LogP contribution in [0.2, 0.25) is 0 Å². The van der Waals surface area contributed by atoms with Gasteiger partial charge in [0.2, 0.25) is 10.0 Å². The van der Waals surface area contributed by atoms with Crippen molar-refractivity contribution in [2.45, 2.75) is 31.0 Å². The zero-order valence-corrected chi connectivity index (χ0v) is 15.2. The first-order chi connectivity index (χ1) is 11.9. The maximum atomic E-state index is 12.8. The minimum Gasteiger partial charge on any atom is -0.489 e. The lowest BCUT2D eigenvalue weighted by Gasteiger charge is -2.37. The number of rotatable bonds is 5. The van der Waals surface area contributed by atoms with Crippen molar-refractivity contribution >= 4 is 10.0 Å². The standard InChI is InChI=1S/C18H22N2O4S/c1-18(2)14-20(11-12-24-18)25(21,22)17-5-3-16(4-6-17)23-13-15-7-9-19-10-8-15/h3-10H,11-14H2,1-2H3. The molecule has 0 amide bonds. The lowest BCUT2D eigenvalue weighted by molar-refractivity contribution is -0.0640. The Bertz CT molecular complexity index is 805. The fourth-order valence-electron chi connectivity index (χ4n) is 2.68. The number of aromatic nitrogens is 1. The Balaban J connectivity index is 1.69. The van der Waals surface area contributed by atoms with E-state index in [2.05, 4.69) is 4.98 Å². The second-order valence-electron chi connectivity index (χ2n) is 6.56. The number of hydrogen-bond donors (Lipinski definition) is 0. The van der Waals surface area contributed by atoms with Crippen molar-refractivity contribution in [1.82, 2.24) is 9.29 Å². The molecule has 1 saturated heterocycles. The quantitative estimate of drug-likeness (QED) is 0.817. The smallest absolute Gasteiger partial charge is 0.243 e. The van der Waals surface area contributed by atoms with Crippen LogP contribution in [0.5, 0.6) is 5.75 Å². The fourth-order valence-corrected chi connectivity index (χ4v) is 4.25. The summed E-state index contributed by atoms with van der Waals surface area (Å²) in [7, 11) is -3.53. The third-order valence-corrected chi connectivity index (χ3v) is 5.87. The summed E-state index contributed by atoms with van der Waals surface area (Å²) in [6, 6.07) is 10.3. The summed E-state index contributed by atoms with van der Waals surface area (Å²) in [5.41, 5.74) is 0.529. The van der Waals surface area contributed by atoms with Gasteiger partial charge in [-0.3, -0.25) is 4.98 Å². The van der Waals surface area contributed by atoms with Gasteiger partial charge in [-0.05, 0) is 55.8 Å². The van der Waals surface area contributed by atoms with Gasteiger partial charge in [0.25, 0.3) is 0 Å². The largest absolute Gasteiger partial charge is 0.489 e. The van der Waals surface area contributed by atoms with Gasteiger partial charge in [0, 0.05) is 25.5 Å². The molecular weight excluding hydrogens is 340 g/mol. The van der Waals surface area contributed by atoms with E-state index in [9.17, 15) is 8.42 Å². The van der Waals surface area contributed by atoms with Crippen molar-refractivity contribution in [2.75, 3.05) is 19.7 Å². The third-order valence-electron chi connectivity index (χ3n) is 4.01. The highest BCUT2D eigenvalue weighted by molar-refractivity contribution is 7.89. The zero-order valence-electron chi connectivity index (χ0n) is 14.4. The van der Waals surface area contributed by atoms with Crippen molar-refractivity contribution in [3.05, 3.63) is 54.4 Å². The van der Waals surface area contributed by atoms with E-state index in [1.807, 2.05) is 26.0 Å². The predicted octanol–water partition coefficient (Wildman–Crippen LogP) is 2.46. The van der Waals surface area contributed by atoms with Gasteiger partial charge < -0.3 is 9.47 Å². The van der Waals surface area contributed by atoms with E-state index in [0.29, 0.717) is 32.1 Å². The monoisotopic (exact) mass is 362 g/mol. The van der Waals surface area contributed by atoms with Gasteiger partial charge in [0.05, 0.1) is 17.1 Å². The first-order valence-corrected chi connectivity index (χ1v) is 9.57. The Morgan fingerprint density at radius 2 is 1.84 bits per heavy atom. The van der Waals surface area contributed by atoms with Gasteiger partial charge in [-0.2, -0.15) is 4.31 Å². The van der Waals surface area contributed by atoms with Gasteiger partial charge in [-0.1, -0.05) is 0 Å². The highest BCUT2D eigenvalue weighted by Crippen LogP contribution is 2.25. The average molecular weight is 362 g/mol. The molecule has 0 unspecified atom stereocenters. The molecule has 0 radical (unpaired) electrons. The summed E-state index contributed by atoms with van der Waals surface area (Å²) in [5, 5.41) is 0. The Kier molecular flexibility index (Phi) is 5.08. The summed E-state index contributed by atoms with van der Waals surface area (Å²) < 4.78 is 38.3. The maximum Gasteiger partial charge on any atom is 0.243 e. The SMILES string of the molecule is CC1(C)CN(S(=O)(=O)c2ccc(OCc3ccncc3)cc2)CCO1. The molecule has 2 aromatic rings. The molecule has 1 fully saturated rings. The summed E-state index contributed by atoms with van der Waals surface area (Å²) >= 11 is 0. The van der Waals surface area contributed by atoms with Crippen LogP contribution in [0.4, 0.5) is 0 Å². The zero-order chi connectivity index (χ0) is 17.9. The average Bonchev–Trinajstić information content (AvgIpc) is 2.60.